The molecule has 3 fully saturated rings. The minimum atomic E-state index is -0.786. The third-order valence-electron chi connectivity index (χ3n) is 16.8. The molecule has 99 heavy (non-hydrogen) atoms. The van der Waals surface area contributed by atoms with E-state index < -0.39 is 5.97 Å². The maximum absolute atomic E-state index is 13.9. The number of amides is 1. The lowest BCUT2D eigenvalue weighted by Crippen LogP contribution is -2.29. The molecule has 0 bridgehead atoms. The Hall–Kier alpha value is -11.6. The molecule has 3 saturated heterocycles. The zero-order chi connectivity index (χ0) is 68.0. The van der Waals surface area contributed by atoms with Gasteiger partial charge in [-0.1, -0.05) is 91.0 Å². The fourth-order valence-electron chi connectivity index (χ4n) is 11.8. The van der Waals surface area contributed by atoms with Crippen LogP contribution in [0.3, 0.4) is 0 Å². The summed E-state index contributed by atoms with van der Waals surface area (Å²) in [6.07, 6.45) is 16.0. The second-order valence-electron chi connectivity index (χ2n) is 23.8. The van der Waals surface area contributed by atoms with Gasteiger partial charge in [0.2, 0.25) is 23.8 Å². The maximum atomic E-state index is 13.9. The zero-order valence-corrected chi connectivity index (χ0v) is 53.6. The maximum Gasteiger partial charge on any atom is 0.307 e. The van der Waals surface area contributed by atoms with Gasteiger partial charge in [-0.15, -0.1) is 0 Å². The molecule has 0 aliphatic carbocycles. The summed E-state index contributed by atoms with van der Waals surface area (Å²) in [7, 11) is 0. The monoisotopic (exact) mass is 1340 g/mol. The molecule has 0 unspecified atom stereocenters. The number of carbonyl (C=O) groups is 2. The van der Waals surface area contributed by atoms with Gasteiger partial charge in [-0.3, -0.25) is 23.3 Å². The standard InChI is InChI=1S/C24H23FN6O2.C24H21FN6O.C16H17FN6O.C8H8O2/c25-17-6-7-19-21(13-17)31(15-27-19)24-26-14-20(23(30-24)28-18-8-10-33-11-9-18)29-22(32)12-16-4-2-1-3-5-16;25-17-6-7-19-21(13-17)30(15-27-19)24-26-14-20-23(29-24)31(18-8-10-32-11-9-18)22(28-20)12-16-4-2-1-3-5-16;17-10-1-2-13-14(7-10)23(9-20-13)16-19-8-12(18)15(22-16)21-11-3-5-24-6-4-11;9-8(10)6-7-4-2-1-3-5-7/h1-7,13-15,18H,8-12H2,(H,29,32)(H,26,28,30);1-7,13-15,18H,8-12H2;1-2,7-9,11H,3-6,18H2,(H,19,21,22);1-5H,6H2,(H,9,10). The number of nitrogen functional groups attached to an aromatic ring is 1. The van der Waals surface area contributed by atoms with Gasteiger partial charge in [0.15, 0.2) is 17.3 Å². The van der Waals surface area contributed by atoms with E-state index in [1.165, 1.54) is 42.0 Å². The Morgan fingerprint density at radius 3 is 1.42 bits per heavy atom. The summed E-state index contributed by atoms with van der Waals surface area (Å²) < 4.78 is 64.9. The van der Waals surface area contributed by atoms with Crippen molar-refractivity contribution in [2.45, 2.75) is 75.9 Å². The van der Waals surface area contributed by atoms with Crippen LogP contribution in [0.15, 0.2) is 183 Å². The number of nitrogens with zero attached hydrogens (tertiary/aromatic N) is 14. The quantitative estimate of drug-likeness (QED) is 0.0637. The highest BCUT2D eigenvalue weighted by Crippen LogP contribution is 2.31. The topological polar surface area (TPSA) is 293 Å². The molecule has 6 aromatic carbocycles. The number of nitrogens with one attached hydrogen (secondary N) is 3. The lowest BCUT2D eigenvalue weighted by atomic mass is 10.1. The average Bonchev–Trinajstić information content (AvgIpc) is 1.62. The van der Waals surface area contributed by atoms with Crippen molar-refractivity contribution in [1.29, 1.82) is 0 Å². The molecule has 13 aromatic rings. The normalized spacial score (nSPS) is 14.4. The van der Waals surface area contributed by atoms with Gasteiger partial charge in [-0.2, -0.15) is 15.0 Å². The fraction of sp³-hybridized carbons (Fsp3) is 0.250. The van der Waals surface area contributed by atoms with E-state index in [4.69, 9.17) is 35.0 Å². The number of carboxylic acid groups (broad SMARTS) is 1. The number of hydrogen-bond donors (Lipinski definition) is 5. The van der Waals surface area contributed by atoms with Crippen molar-refractivity contribution >= 4 is 79.2 Å². The Labute approximate surface area is 565 Å². The van der Waals surface area contributed by atoms with E-state index in [1.54, 1.807) is 81.6 Å². The summed E-state index contributed by atoms with van der Waals surface area (Å²) >= 11 is 0. The number of fused-ring (bicyclic) bond motifs is 4. The molecule has 504 valence electrons. The van der Waals surface area contributed by atoms with E-state index in [-0.39, 0.29) is 54.3 Å². The van der Waals surface area contributed by atoms with Crippen LogP contribution in [0.4, 0.5) is 36.2 Å². The Kier molecular flexibility index (Phi) is 20.8. The molecule has 0 spiro atoms. The molecule has 0 atom stereocenters. The minimum Gasteiger partial charge on any atom is -0.481 e. The lowest BCUT2D eigenvalue weighted by molar-refractivity contribution is -0.136. The number of carbonyl (C=O) groups excluding carboxylic acids is 1. The van der Waals surface area contributed by atoms with Crippen LogP contribution < -0.4 is 21.7 Å². The third kappa shape index (κ3) is 16.5. The summed E-state index contributed by atoms with van der Waals surface area (Å²) in [5.74, 6) is 1.25. The molecule has 16 rings (SSSR count). The number of imidazole rings is 4. The van der Waals surface area contributed by atoms with E-state index in [1.807, 2.05) is 66.7 Å². The van der Waals surface area contributed by atoms with Crippen molar-refractivity contribution in [3.63, 3.8) is 0 Å². The fourth-order valence-corrected chi connectivity index (χ4v) is 11.8. The number of nitrogens with two attached hydrogens (primary N) is 1. The smallest absolute Gasteiger partial charge is 0.307 e. The molecule has 0 radical (unpaired) electrons. The van der Waals surface area contributed by atoms with Crippen molar-refractivity contribution in [2.75, 3.05) is 61.3 Å². The van der Waals surface area contributed by atoms with Crippen LogP contribution in [-0.4, -0.2) is 137 Å². The van der Waals surface area contributed by atoms with Gasteiger partial charge < -0.3 is 45.6 Å². The van der Waals surface area contributed by atoms with Crippen LogP contribution in [0.5, 0.6) is 0 Å². The van der Waals surface area contributed by atoms with Gasteiger partial charge in [0, 0.05) is 82.4 Å². The van der Waals surface area contributed by atoms with Gasteiger partial charge in [-0.05, 0) is 91.6 Å². The molecule has 6 N–H and O–H groups in total. The number of aliphatic carboxylic acids is 1. The number of carboxylic acids is 1. The van der Waals surface area contributed by atoms with Gasteiger partial charge in [0.25, 0.3) is 0 Å². The van der Waals surface area contributed by atoms with E-state index in [0.717, 1.165) is 93.1 Å². The molecule has 0 saturated carbocycles. The summed E-state index contributed by atoms with van der Waals surface area (Å²) in [4.78, 5) is 67.9. The Morgan fingerprint density at radius 2 is 0.919 bits per heavy atom. The molecule has 27 heteroatoms. The van der Waals surface area contributed by atoms with Gasteiger partial charge in [0.1, 0.15) is 53.5 Å². The second kappa shape index (κ2) is 31.1. The van der Waals surface area contributed by atoms with Crippen molar-refractivity contribution in [2.24, 2.45) is 0 Å². The van der Waals surface area contributed by atoms with Crippen LogP contribution in [0.1, 0.15) is 67.1 Å². The molecule has 7 aromatic heterocycles. The predicted molar refractivity (Wildman–Crippen MR) is 367 cm³/mol. The summed E-state index contributed by atoms with van der Waals surface area (Å²) in [5.41, 5.74) is 15.3. The average molecular weight is 1340 g/mol. The second-order valence-corrected chi connectivity index (χ2v) is 23.8. The van der Waals surface area contributed by atoms with E-state index >= 15 is 0 Å². The molecule has 24 nitrogen and oxygen atoms in total. The number of aromatic nitrogens is 14. The molecule has 1 amide bonds. The molecule has 3 aliphatic rings. The number of hydrogen-bond acceptors (Lipinski definition) is 18. The van der Waals surface area contributed by atoms with Crippen molar-refractivity contribution in [3.05, 3.63) is 223 Å². The number of rotatable bonds is 15. The first-order valence-electron chi connectivity index (χ1n) is 32.4. The highest BCUT2D eigenvalue weighted by Gasteiger charge is 2.25. The highest BCUT2D eigenvalue weighted by molar-refractivity contribution is 5.95. The number of benzene rings is 6. The van der Waals surface area contributed by atoms with Gasteiger partial charge in [0.05, 0.1) is 70.2 Å². The third-order valence-corrected chi connectivity index (χ3v) is 16.8. The molecular formula is C72H69F3N18O6. The lowest BCUT2D eigenvalue weighted by Gasteiger charge is -2.25. The van der Waals surface area contributed by atoms with Crippen LogP contribution in [0.25, 0.3) is 62.1 Å². The Bertz CT molecular complexity index is 4910. The Morgan fingerprint density at radius 1 is 0.485 bits per heavy atom. The van der Waals surface area contributed by atoms with Crippen molar-refractivity contribution in [3.8, 4) is 17.8 Å². The Balaban J connectivity index is 0.000000126. The van der Waals surface area contributed by atoms with Crippen molar-refractivity contribution < 1.29 is 42.1 Å². The van der Waals surface area contributed by atoms with Crippen molar-refractivity contribution in [1.82, 2.24) is 68.1 Å². The van der Waals surface area contributed by atoms with Gasteiger partial charge in [-0.25, -0.2) is 48.1 Å². The van der Waals surface area contributed by atoms with E-state index in [9.17, 15) is 22.8 Å². The molecule has 10 heterocycles. The summed E-state index contributed by atoms with van der Waals surface area (Å²) in [6.45, 7) is 4.21. The number of halogens is 3. The molecule has 3 aliphatic heterocycles. The number of ether oxygens (including phenoxy) is 3. The van der Waals surface area contributed by atoms with Gasteiger partial charge >= 0.3 is 5.97 Å². The first-order valence-corrected chi connectivity index (χ1v) is 32.4. The first-order chi connectivity index (χ1) is 48.4. The number of anilines is 4. The van der Waals surface area contributed by atoms with E-state index in [2.05, 4.69) is 72.5 Å². The van der Waals surface area contributed by atoms with Crippen LogP contribution >= 0.6 is 0 Å². The minimum absolute atomic E-state index is 0.112. The van der Waals surface area contributed by atoms with E-state index in [0.29, 0.717) is 93.6 Å². The summed E-state index contributed by atoms with van der Waals surface area (Å²) in [5, 5.41) is 18.1. The van der Waals surface area contributed by atoms with Crippen LogP contribution in [0.2, 0.25) is 0 Å². The largest absolute Gasteiger partial charge is 0.481 e. The molecular weight excluding hydrogens is 1270 g/mol. The summed E-state index contributed by atoms with van der Waals surface area (Å²) in [6, 6.07) is 42.9. The predicted octanol–water partition coefficient (Wildman–Crippen LogP) is 11.4. The van der Waals surface area contributed by atoms with Crippen LogP contribution in [-0.2, 0) is 43.1 Å². The zero-order valence-electron chi connectivity index (χ0n) is 53.6. The highest BCUT2D eigenvalue weighted by atomic mass is 19.1. The SMILES string of the molecule is Fc1ccc2ncn(-c3ncc4nc(Cc5ccccc5)n(C5CCOCC5)c4n3)c2c1.Nc1cnc(-n2cnc3ccc(F)cc32)nc1NC1CCOCC1.O=C(Cc1ccccc1)Nc1cnc(-n2cnc3ccc(F)cc32)nc1NC1CCOCC1.O=C(O)Cc1ccccc1. The first kappa shape index (κ1) is 66.1. The van der Waals surface area contributed by atoms with Crippen LogP contribution in [0, 0.1) is 17.5 Å².